The monoisotopic (exact) mass is 216 g/mol. The lowest BCUT2D eigenvalue weighted by atomic mass is 10.1. The Labute approximate surface area is 92.6 Å². The van der Waals surface area contributed by atoms with E-state index in [9.17, 15) is 4.79 Å². The highest BCUT2D eigenvalue weighted by Gasteiger charge is 2.19. The van der Waals surface area contributed by atoms with Crippen LogP contribution >= 0.6 is 0 Å². The number of nitrogens with two attached hydrogens (primary N) is 1. The second kappa shape index (κ2) is 6.80. The second-order valence-electron chi connectivity index (χ2n) is 4.73. The molecule has 4 nitrogen and oxygen atoms in total. The molecule has 0 spiro atoms. The number of ether oxygens (including phenoxy) is 1. The Kier molecular flexibility index (Phi) is 6.52. The van der Waals surface area contributed by atoms with E-state index in [4.69, 9.17) is 10.5 Å². The first-order chi connectivity index (χ1) is 6.87. The van der Waals surface area contributed by atoms with Gasteiger partial charge in [-0.1, -0.05) is 0 Å². The van der Waals surface area contributed by atoms with Gasteiger partial charge in [-0.2, -0.15) is 0 Å². The fraction of sp³-hybridized carbons (Fsp3) is 0.909. The maximum atomic E-state index is 11.5. The first kappa shape index (κ1) is 14.4. The molecule has 3 N–H and O–H groups in total. The van der Waals surface area contributed by atoms with Crippen LogP contribution in [0.3, 0.4) is 0 Å². The summed E-state index contributed by atoms with van der Waals surface area (Å²) in [5.74, 6) is 0.0673. The van der Waals surface area contributed by atoms with Crippen LogP contribution in [0, 0.1) is 0 Å². The standard InChI is InChI=1S/C11H24N2O2/c1-9(12)6-5-7-10(14)13-11(2,3)8-15-4/h9H,5-8,12H2,1-4H3,(H,13,14). The predicted molar refractivity (Wildman–Crippen MR) is 61.6 cm³/mol. The van der Waals surface area contributed by atoms with E-state index in [1.807, 2.05) is 20.8 Å². The molecule has 0 aliphatic carbocycles. The number of hydrogen-bond donors (Lipinski definition) is 2. The molecule has 0 aliphatic rings. The van der Waals surface area contributed by atoms with Crippen molar-refractivity contribution < 1.29 is 9.53 Å². The summed E-state index contributed by atoms with van der Waals surface area (Å²) in [7, 11) is 1.63. The highest BCUT2D eigenvalue weighted by atomic mass is 16.5. The third kappa shape index (κ3) is 8.39. The van der Waals surface area contributed by atoms with Crippen LogP contribution in [0.25, 0.3) is 0 Å². The lowest BCUT2D eigenvalue weighted by Gasteiger charge is -2.25. The van der Waals surface area contributed by atoms with Crippen LogP contribution in [0.5, 0.6) is 0 Å². The molecule has 0 bridgehead atoms. The normalized spacial score (nSPS) is 13.7. The minimum atomic E-state index is -0.292. The topological polar surface area (TPSA) is 64.3 Å². The minimum absolute atomic E-state index is 0.0673. The number of amides is 1. The molecule has 1 atom stereocenters. The van der Waals surface area contributed by atoms with E-state index in [1.165, 1.54) is 0 Å². The zero-order valence-corrected chi connectivity index (χ0v) is 10.3. The number of rotatable bonds is 7. The van der Waals surface area contributed by atoms with Crippen molar-refractivity contribution >= 4 is 5.91 Å². The number of methoxy groups -OCH3 is 1. The van der Waals surface area contributed by atoms with Crippen molar-refractivity contribution in [2.75, 3.05) is 13.7 Å². The first-order valence-electron chi connectivity index (χ1n) is 5.43. The molecular weight excluding hydrogens is 192 g/mol. The fourth-order valence-corrected chi connectivity index (χ4v) is 1.42. The summed E-state index contributed by atoms with van der Waals surface area (Å²) in [5.41, 5.74) is 5.31. The van der Waals surface area contributed by atoms with Crippen molar-refractivity contribution in [2.45, 2.75) is 51.6 Å². The minimum Gasteiger partial charge on any atom is -0.382 e. The Morgan fingerprint density at radius 1 is 1.53 bits per heavy atom. The summed E-state index contributed by atoms with van der Waals surface area (Å²) in [6.07, 6.45) is 2.26. The van der Waals surface area contributed by atoms with Crippen molar-refractivity contribution in [1.29, 1.82) is 0 Å². The van der Waals surface area contributed by atoms with Crippen LogP contribution in [0.1, 0.15) is 40.0 Å². The highest BCUT2D eigenvalue weighted by molar-refractivity contribution is 5.76. The van der Waals surface area contributed by atoms with Crippen LogP contribution in [0.4, 0.5) is 0 Å². The average Bonchev–Trinajstić information content (AvgIpc) is 2.01. The van der Waals surface area contributed by atoms with Gasteiger partial charge in [0.2, 0.25) is 5.91 Å². The molecule has 0 aromatic heterocycles. The largest absolute Gasteiger partial charge is 0.382 e. The molecule has 0 radical (unpaired) electrons. The van der Waals surface area contributed by atoms with E-state index in [0.717, 1.165) is 12.8 Å². The van der Waals surface area contributed by atoms with Gasteiger partial charge in [0.25, 0.3) is 0 Å². The van der Waals surface area contributed by atoms with Gasteiger partial charge in [-0.25, -0.2) is 0 Å². The van der Waals surface area contributed by atoms with Crippen molar-refractivity contribution in [3.63, 3.8) is 0 Å². The smallest absolute Gasteiger partial charge is 0.220 e. The second-order valence-corrected chi connectivity index (χ2v) is 4.73. The molecule has 0 aromatic rings. The summed E-state index contributed by atoms with van der Waals surface area (Å²) >= 11 is 0. The van der Waals surface area contributed by atoms with E-state index >= 15 is 0 Å². The zero-order chi connectivity index (χ0) is 11.9. The van der Waals surface area contributed by atoms with Gasteiger partial charge < -0.3 is 15.8 Å². The van der Waals surface area contributed by atoms with Crippen LogP contribution in [0.2, 0.25) is 0 Å². The highest BCUT2D eigenvalue weighted by Crippen LogP contribution is 2.04. The Bertz CT molecular complexity index is 191. The van der Waals surface area contributed by atoms with Crippen molar-refractivity contribution in [3.05, 3.63) is 0 Å². The molecule has 0 aromatic carbocycles. The molecule has 0 rings (SSSR count). The lowest BCUT2D eigenvalue weighted by Crippen LogP contribution is -2.46. The SMILES string of the molecule is COCC(C)(C)NC(=O)CCCC(C)N. The van der Waals surface area contributed by atoms with Crippen LogP contribution in [-0.4, -0.2) is 31.2 Å². The van der Waals surface area contributed by atoms with Gasteiger partial charge in [0.05, 0.1) is 12.1 Å². The fourth-order valence-electron chi connectivity index (χ4n) is 1.42. The lowest BCUT2D eigenvalue weighted by molar-refractivity contribution is -0.123. The molecule has 0 heterocycles. The van der Waals surface area contributed by atoms with E-state index < -0.39 is 0 Å². The van der Waals surface area contributed by atoms with Gasteiger partial charge in [-0.3, -0.25) is 4.79 Å². The zero-order valence-electron chi connectivity index (χ0n) is 10.3. The van der Waals surface area contributed by atoms with E-state index in [2.05, 4.69) is 5.32 Å². The summed E-state index contributed by atoms with van der Waals surface area (Å²) in [6, 6.07) is 0.171. The van der Waals surface area contributed by atoms with E-state index in [1.54, 1.807) is 7.11 Å². The quantitative estimate of drug-likeness (QED) is 0.668. The first-order valence-corrected chi connectivity index (χ1v) is 5.43. The summed E-state index contributed by atoms with van der Waals surface area (Å²) < 4.78 is 5.02. The summed E-state index contributed by atoms with van der Waals surface area (Å²) in [4.78, 5) is 11.5. The number of carbonyl (C=O) groups excluding carboxylic acids is 1. The van der Waals surface area contributed by atoms with Crippen molar-refractivity contribution in [2.24, 2.45) is 5.73 Å². The molecule has 0 saturated carbocycles. The molecular formula is C11H24N2O2. The van der Waals surface area contributed by atoms with E-state index in [0.29, 0.717) is 13.0 Å². The number of carbonyl (C=O) groups is 1. The third-order valence-electron chi connectivity index (χ3n) is 2.05. The van der Waals surface area contributed by atoms with Crippen molar-refractivity contribution in [1.82, 2.24) is 5.32 Å². The molecule has 0 aliphatic heterocycles. The van der Waals surface area contributed by atoms with Gasteiger partial charge >= 0.3 is 0 Å². The summed E-state index contributed by atoms with van der Waals surface area (Å²) in [5, 5.41) is 2.93. The Morgan fingerprint density at radius 3 is 2.60 bits per heavy atom. The molecule has 90 valence electrons. The van der Waals surface area contributed by atoms with Gasteiger partial charge in [0.1, 0.15) is 0 Å². The molecule has 4 heteroatoms. The van der Waals surface area contributed by atoms with Crippen molar-refractivity contribution in [3.8, 4) is 0 Å². The average molecular weight is 216 g/mol. The molecule has 1 amide bonds. The molecule has 0 fully saturated rings. The van der Waals surface area contributed by atoms with Crippen LogP contribution < -0.4 is 11.1 Å². The maximum absolute atomic E-state index is 11.5. The molecule has 15 heavy (non-hydrogen) atoms. The van der Waals surface area contributed by atoms with Gasteiger partial charge in [-0.15, -0.1) is 0 Å². The number of hydrogen-bond acceptors (Lipinski definition) is 3. The number of nitrogens with one attached hydrogen (secondary N) is 1. The molecule has 1 unspecified atom stereocenters. The predicted octanol–water partition coefficient (Wildman–Crippen LogP) is 1.05. The van der Waals surface area contributed by atoms with Gasteiger partial charge in [0.15, 0.2) is 0 Å². The molecule has 0 saturated heterocycles. The third-order valence-corrected chi connectivity index (χ3v) is 2.05. The summed E-state index contributed by atoms with van der Waals surface area (Å²) in [6.45, 7) is 6.36. The van der Waals surface area contributed by atoms with Crippen LogP contribution in [0.15, 0.2) is 0 Å². The van der Waals surface area contributed by atoms with Crippen LogP contribution in [-0.2, 0) is 9.53 Å². The van der Waals surface area contributed by atoms with Gasteiger partial charge in [-0.05, 0) is 33.6 Å². The Morgan fingerprint density at radius 2 is 2.13 bits per heavy atom. The van der Waals surface area contributed by atoms with Gasteiger partial charge in [0, 0.05) is 19.6 Å². The Balaban J connectivity index is 3.73. The van der Waals surface area contributed by atoms with E-state index in [-0.39, 0.29) is 17.5 Å². The Hall–Kier alpha value is -0.610. The maximum Gasteiger partial charge on any atom is 0.220 e.